The molecule has 23 heavy (non-hydrogen) atoms. The molecule has 0 amide bonds. The normalized spacial score (nSPS) is 22.3. The standard InChI is InChI=1S/C20H23N3/c1-17(20-5-3-2-4-6-20)23-13-11-22(12-14-23)16-19-9-7-18(15-21)8-10-19/h2-10,17H,11-14,16H2,1H3/p+2/t17-/m1/s1. The Morgan fingerprint density at radius 3 is 2.22 bits per heavy atom. The van der Waals surface area contributed by atoms with Crippen LogP contribution in [0.4, 0.5) is 0 Å². The Hall–Kier alpha value is -2.15. The molecule has 1 atom stereocenters. The molecule has 0 radical (unpaired) electrons. The number of nitriles is 1. The van der Waals surface area contributed by atoms with Crippen LogP contribution in [0.5, 0.6) is 0 Å². The van der Waals surface area contributed by atoms with Crippen LogP contribution in [-0.4, -0.2) is 26.2 Å². The van der Waals surface area contributed by atoms with E-state index in [9.17, 15) is 0 Å². The van der Waals surface area contributed by atoms with Crippen molar-refractivity contribution in [3.8, 4) is 6.07 Å². The highest BCUT2D eigenvalue weighted by atomic mass is 15.3. The van der Waals surface area contributed by atoms with Crippen LogP contribution in [0.15, 0.2) is 54.6 Å². The van der Waals surface area contributed by atoms with E-state index in [1.165, 1.54) is 37.3 Å². The van der Waals surface area contributed by atoms with Gasteiger partial charge in [-0.15, -0.1) is 0 Å². The van der Waals surface area contributed by atoms with Crippen molar-refractivity contribution in [3.05, 3.63) is 71.3 Å². The zero-order valence-electron chi connectivity index (χ0n) is 13.8. The lowest BCUT2D eigenvalue weighted by Crippen LogP contribution is -3.27. The summed E-state index contributed by atoms with van der Waals surface area (Å²) in [7, 11) is 0. The first kappa shape index (κ1) is 15.7. The average molecular weight is 307 g/mol. The monoisotopic (exact) mass is 307 g/mol. The zero-order valence-corrected chi connectivity index (χ0v) is 13.8. The summed E-state index contributed by atoms with van der Waals surface area (Å²) in [5.41, 5.74) is 3.52. The highest BCUT2D eigenvalue weighted by Gasteiger charge is 2.27. The molecule has 2 aromatic carbocycles. The second-order valence-electron chi connectivity index (χ2n) is 6.53. The average Bonchev–Trinajstić information content (AvgIpc) is 2.63. The number of nitrogens with zero attached hydrogens (tertiary/aromatic N) is 1. The van der Waals surface area contributed by atoms with Crippen LogP contribution < -0.4 is 9.80 Å². The molecule has 0 unspecified atom stereocenters. The summed E-state index contributed by atoms with van der Waals surface area (Å²) >= 11 is 0. The molecule has 1 aliphatic rings. The van der Waals surface area contributed by atoms with Crippen LogP contribution in [0.1, 0.15) is 29.7 Å². The molecule has 1 fully saturated rings. The molecule has 1 heterocycles. The number of quaternary nitrogens is 2. The maximum absolute atomic E-state index is 8.87. The lowest BCUT2D eigenvalue weighted by Gasteiger charge is -2.33. The summed E-state index contributed by atoms with van der Waals surface area (Å²) in [4.78, 5) is 3.35. The Labute approximate surface area is 138 Å². The molecule has 1 aliphatic heterocycles. The molecular weight excluding hydrogens is 282 g/mol. The maximum atomic E-state index is 8.87. The largest absolute Gasteiger partial charge is 0.322 e. The Balaban J connectivity index is 1.53. The van der Waals surface area contributed by atoms with Crippen molar-refractivity contribution in [3.63, 3.8) is 0 Å². The third kappa shape index (κ3) is 3.98. The fourth-order valence-corrected chi connectivity index (χ4v) is 3.50. The SMILES string of the molecule is C[C@H](c1ccccc1)[NH+]1CC[NH+](Cc2ccc(C#N)cc2)CC1. The van der Waals surface area contributed by atoms with Gasteiger partial charge in [0, 0.05) is 11.1 Å². The highest BCUT2D eigenvalue weighted by molar-refractivity contribution is 5.31. The predicted molar refractivity (Wildman–Crippen MR) is 91.1 cm³/mol. The van der Waals surface area contributed by atoms with Crippen LogP contribution in [-0.2, 0) is 6.54 Å². The van der Waals surface area contributed by atoms with E-state index in [0.29, 0.717) is 6.04 Å². The van der Waals surface area contributed by atoms with Crippen molar-refractivity contribution in [1.82, 2.24) is 0 Å². The molecule has 2 aromatic rings. The third-order valence-corrected chi connectivity index (χ3v) is 5.05. The lowest BCUT2D eigenvalue weighted by atomic mass is 10.1. The van der Waals surface area contributed by atoms with Crippen molar-refractivity contribution >= 4 is 0 Å². The molecule has 118 valence electrons. The maximum Gasteiger partial charge on any atom is 0.127 e. The first-order chi connectivity index (χ1) is 11.3. The first-order valence-corrected chi connectivity index (χ1v) is 8.48. The molecular formula is C20H25N3+2. The van der Waals surface area contributed by atoms with Gasteiger partial charge in [-0.2, -0.15) is 5.26 Å². The summed E-state index contributed by atoms with van der Waals surface area (Å²) in [5, 5.41) is 8.87. The second-order valence-corrected chi connectivity index (χ2v) is 6.53. The molecule has 0 aromatic heterocycles. The molecule has 2 N–H and O–H groups in total. The first-order valence-electron chi connectivity index (χ1n) is 8.48. The third-order valence-electron chi connectivity index (χ3n) is 5.05. The summed E-state index contributed by atoms with van der Waals surface area (Å²) in [6, 6.07) is 21.6. The fourth-order valence-electron chi connectivity index (χ4n) is 3.50. The number of nitrogens with one attached hydrogen (secondary N) is 2. The number of piperazine rings is 1. The molecule has 0 spiro atoms. The number of hydrogen-bond acceptors (Lipinski definition) is 1. The summed E-state index contributed by atoms with van der Waals surface area (Å²) in [5.74, 6) is 0. The summed E-state index contributed by atoms with van der Waals surface area (Å²) in [6.07, 6.45) is 0. The van der Waals surface area contributed by atoms with Gasteiger partial charge in [-0.05, 0) is 19.1 Å². The molecule has 0 bridgehead atoms. The van der Waals surface area contributed by atoms with E-state index in [4.69, 9.17) is 5.26 Å². The Morgan fingerprint density at radius 2 is 1.61 bits per heavy atom. The second kappa shape index (κ2) is 7.41. The van der Waals surface area contributed by atoms with Crippen molar-refractivity contribution in [1.29, 1.82) is 5.26 Å². The van der Waals surface area contributed by atoms with Gasteiger partial charge in [0.2, 0.25) is 0 Å². The Morgan fingerprint density at radius 1 is 0.957 bits per heavy atom. The molecule has 0 aliphatic carbocycles. The van der Waals surface area contributed by atoms with E-state index in [2.05, 4.69) is 55.5 Å². The van der Waals surface area contributed by atoms with Crippen LogP contribution in [0.3, 0.4) is 0 Å². The van der Waals surface area contributed by atoms with E-state index in [1.807, 2.05) is 12.1 Å². The van der Waals surface area contributed by atoms with Crippen molar-refractivity contribution in [2.45, 2.75) is 19.5 Å². The van der Waals surface area contributed by atoms with Gasteiger partial charge < -0.3 is 9.80 Å². The van der Waals surface area contributed by atoms with Gasteiger partial charge in [-0.25, -0.2) is 0 Å². The van der Waals surface area contributed by atoms with Gasteiger partial charge in [0.15, 0.2) is 0 Å². The predicted octanol–water partition coefficient (Wildman–Crippen LogP) is 0.603. The van der Waals surface area contributed by atoms with Gasteiger partial charge in [-0.3, -0.25) is 0 Å². The van der Waals surface area contributed by atoms with Gasteiger partial charge in [-0.1, -0.05) is 42.5 Å². The van der Waals surface area contributed by atoms with E-state index in [1.54, 1.807) is 9.80 Å². The lowest BCUT2D eigenvalue weighted by molar-refractivity contribution is -1.03. The van der Waals surface area contributed by atoms with E-state index in [-0.39, 0.29) is 0 Å². The van der Waals surface area contributed by atoms with Gasteiger partial charge in [0.1, 0.15) is 38.8 Å². The van der Waals surface area contributed by atoms with E-state index in [0.717, 1.165) is 12.1 Å². The van der Waals surface area contributed by atoms with Crippen LogP contribution in [0, 0.1) is 11.3 Å². The minimum Gasteiger partial charge on any atom is -0.322 e. The minimum atomic E-state index is 0.577. The zero-order chi connectivity index (χ0) is 16.1. The van der Waals surface area contributed by atoms with Gasteiger partial charge in [0.25, 0.3) is 0 Å². The van der Waals surface area contributed by atoms with Gasteiger partial charge >= 0.3 is 0 Å². The summed E-state index contributed by atoms with van der Waals surface area (Å²) < 4.78 is 0. The summed E-state index contributed by atoms with van der Waals surface area (Å²) in [6.45, 7) is 8.29. The van der Waals surface area contributed by atoms with Gasteiger partial charge in [0.05, 0.1) is 11.6 Å². The topological polar surface area (TPSA) is 32.7 Å². The smallest absolute Gasteiger partial charge is 0.127 e. The van der Waals surface area contributed by atoms with E-state index < -0.39 is 0 Å². The molecule has 3 nitrogen and oxygen atoms in total. The number of rotatable bonds is 4. The Bertz CT molecular complexity index is 650. The van der Waals surface area contributed by atoms with Crippen LogP contribution in [0.25, 0.3) is 0 Å². The Kier molecular flexibility index (Phi) is 5.07. The fraction of sp³-hybridized carbons (Fsp3) is 0.350. The number of hydrogen-bond donors (Lipinski definition) is 2. The quantitative estimate of drug-likeness (QED) is 0.852. The number of benzene rings is 2. The van der Waals surface area contributed by atoms with Crippen molar-refractivity contribution in [2.24, 2.45) is 0 Å². The van der Waals surface area contributed by atoms with Crippen molar-refractivity contribution in [2.75, 3.05) is 26.2 Å². The molecule has 1 saturated heterocycles. The molecule has 3 rings (SSSR count). The molecule has 0 saturated carbocycles. The van der Waals surface area contributed by atoms with Crippen LogP contribution >= 0.6 is 0 Å². The minimum absolute atomic E-state index is 0.577. The van der Waals surface area contributed by atoms with Crippen molar-refractivity contribution < 1.29 is 9.80 Å². The van der Waals surface area contributed by atoms with E-state index >= 15 is 0 Å². The highest BCUT2D eigenvalue weighted by Crippen LogP contribution is 2.07. The van der Waals surface area contributed by atoms with Crippen LogP contribution in [0.2, 0.25) is 0 Å². The molecule has 3 heteroatoms.